The largest absolute Gasteiger partial charge is 0.101 e. The van der Waals surface area contributed by atoms with E-state index in [4.69, 9.17) is 24.4 Å². The molecule has 0 unspecified atom stereocenters. The highest BCUT2D eigenvalue weighted by atomic mass is 32.9. The summed E-state index contributed by atoms with van der Waals surface area (Å²) >= 11 is 9.71. The highest BCUT2D eigenvalue weighted by molar-refractivity contribution is 7.82. The van der Waals surface area contributed by atoms with Crippen LogP contribution in [-0.2, 0) is 0 Å². The average Bonchev–Trinajstić information content (AvgIpc) is 1.77. The van der Waals surface area contributed by atoms with E-state index in [0.717, 1.165) is 7.65 Å². The van der Waals surface area contributed by atoms with Gasteiger partial charge >= 0.3 is 0 Å². The average molecular weight is 178 g/mol. The number of hydrogen-bond acceptors (Lipinski definition) is 4. The standard InChI is InChI=1S/C4H2S4/c5-3-1-2-4(6)8-7-3/h1-2H. The van der Waals surface area contributed by atoms with Gasteiger partial charge in [-0.2, -0.15) is 0 Å². The summed E-state index contributed by atoms with van der Waals surface area (Å²) in [6, 6.07) is 3.72. The lowest BCUT2D eigenvalue weighted by Gasteiger charge is -1.73. The molecule has 0 bridgehead atoms. The zero-order valence-electron chi connectivity index (χ0n) is 3.79. The van der Waals surface area contributed by atoms with Gasteiger partial charge in [-0.1, -0.05) is 45.1 Å². The predicted molar refractivity (Wildman–Crippen MR) is 43.9 cm³/mol. The number of hydrogen-bond donors (Lipinski definition) is 0. The lowest BCUT2D eigenvalue weighted by Crippen LogP contribution is -1.48. The molecular weight excluding hydrogens is 176 g/mol. The first-order valence-electron chi connectivity index (χ1n) is 1.89. The Bertz CT molecular complexity index is 215. The van der Waals surface area contributed by atoms with E-state index >= 15 is 0 Å². The van der Waals surface area contributed by atoms with Crippen molar-refractivity contribution in [1.29, 1.82) is 0 Å². The van der Waals surface area contributed by atoms with Crippen LogP contribution in [0.1, 0.15) is 0 Å². The second-order valence-corrected chi connectivity index (χ2v) is 4.75. The topological polar surface area (TPSA) is 0 Å². The quantitative estimate of drug-likeness (QED) is 0.442. The molecule has 1 aromatic heterocycles. The van der Waals surface area contributed by atoms with Gasteiger partial charge in [0.2, 0.25) is 0 Å². The molecule has 0 N–H and O–H groups in total. The van der Waals surface area contributed by atoms with E-state index in [2.05, 4.69) is 0 Å². The van der Waals surface area contributed by atoms with E-state index in [1.165, 1.54) is 0 Å². The van der Waals surface area contributed by atoms with Gasteiger partial charge in [0.1, 0.15) is 7.65 Å². The van der Waals surface area contributed by atoms with Crippen LogP contribution in [0.15, 0.2) is 12.1 Å². The van der Waals surface area contributed by atoms with Gasteiger partial charge in [0.25, 0.3) is 0 Å². The third-order valence-electron chi connectivity index (χ3n) is 0.561. The molecule has 0 fully saturated rings. The molecule has 1 aromatic rings. The van der Waals surface area contributed by atoms with Crippen LogP contribution >= 0.6 is 45.1 Å². The Kier molecular flexibility index (Phi) is 2.25. The van der Waals surface area contributed by atoms with E-state index in [1.807, 2.05) is 12.1 Å². The Morgan fingerprint density at radius 2 is 1.38 bits per heavy atom. The molecule has 0 aromatic carbocycles. The first-order valence-corrected chi connectivity index (χ1v) is 4.86. The summed E-state index contributed by atoms with van der Waals surface area (Å²) in [7, 11) is 3.09. The van der Waals surface area contributed by atoms with E-state index in [9.17, 15) is 0 Å². The molecule has 0 amide bonds. The summed E-state index contributed by atoms with van der Waals surface area (Å²) in [6.07, 6.45) is 0. The van der Waals surface area contributed by atoms with Crippen LogP contribution < -0.4 is 0 Å². The van der Waals surface area contributed by atoms with Gasteiger partial charge < -0.3 is 0 Å². The number of rotatable bonds is 0. The fourth-order valence-electron chi connectivity index (χ4n) is 0.274. The van der Waals surface area contributed by atoms with Crippen LogP contribution in [0.3, 0.4) is 0 Å². The second-order valence-electron chi connectivity index (χ2n) is 1.14. The highest BCUT2D eigenvalue weighted by Crippen LogP contribution is 2.08. The monoisotopic (exact) mass is 178 g/mol. The normalized spacial score (nSPS) is 9.00. The maximum absolute atomic E-state index is 4.85. The molecule has 42 valence electrons. The summed E-state index contributed by atoms with van der Waals surface area (Å²) in [5.41, 5.74) is 0. The van der Waals surface area contributed by atoms with E-state index in [1.54, 1.807) is 20.7 Å². The molecule has 0 radical (unpaired) electrons. The zero-order valence-corrected chi connectivity index (χ0v) is 7.05. The SMILES string of the molecule is S=c1ccc(=S)ss1. The molecule has 0 aliphatic rings. The van der Waals surface area contributed by atoms with Crippen LogP contribution in [0, 0.1) is 7.65 Å². The van der Waals surface area contributed by atoms with Crippen LogP contribution in [0.25, 0.3) is 0 Å². The fraction of sp³-hybridized carbons (Fsp3) is 0. The molecule has 0 nitrogen and oxygen atoms in total. The Labute approximate surface area is 64.8 Å². The van der Waals surface area contributed by atoms with E-state index < -0.39 is 0 Å². The molecule has 0 aliphatic carbocycles. The maximum Gasteiger partial charge on any atom is 0.101 e. The third kappa shape index (κ3) is 1.70. The smallest absolute Gasteiger partial charge is 0.0673 e. The summed E-state index contributed by atoms with van der Waals surface area (Å²) in [5, 5.41) is 0. The van der Waals surface area contributed by atoms with Gasteiger partial charge in [0, 0.05) is 0 Å². The van der Waals surface area contributed by atoms with Crippen molar-refractivity contribution in [3.8, 4) is 0 Å². The third-order valence-corrected chi connectivity index (χ3v) is 3.98. The molecule has 1 rings (SSSR count). The molecule has 4 heteroatoms. The van der Waals surface area contributed by atoms with Gasteiger partial charge in [0.15, 0.2) is 0 Å². The minimum atomic E-state index is 0.906. The van der Waals surface area contributed by atoms with E-state index in [0.29, 0.717) is 0 Å². The predicted octanol–water partition coefficient (Wildman–Crippen LogP) is 3.27. The molecule has 0 atom stereocenters. The molecule has 0 saturated carbocycles. The minimum Gasteiger partial charge on any atom is -0.0673 e. The molecule has 0 aliphatic heterocycles. The summed E-state index contributed by atoms with van der Waals surface area (Å²) in [6.45, 7) is 0. The molecule has 0 spiro atoms. The van der Waals surface area contributed by atoms with Crippen molar-refractivity contribution in [3.63, 3.8) is 0 Å². The van der Waals surface area contributed by atoms with Gasteiger partial charge in [-0.05, 0) is 12.1 Å². The summed E-state index contributed by atoms with van der Waals surface area (Å²) in [5.74, 6) is 0. The van der Waals surface area contributed by atoms with Crippen LogP contribution in [0.4, 0.5) is 0 Å². The summed E-state index contributed by atoms with van der Waals surface area (Å²) in [4.78, 5) is 0. The Hall–Kier alpha value is 0.360. The molecule has 8 heavy (non-hydrogen) atoms. The van der Waals surface area contributed by atoms with Crippen molar-refractivity contribution in [2.75, 3.05) is 0 Å². The van der Waals surface area contributed by atoms with Crippen LogP contribution in [0.2, 0.25) is 0 Å². The fourth-order valence-corrected chi connectivity index (χ4v) is 2.26. The molecule has 0 saturated heterocycles. The van der Waals surface area contributed by atoms with Crippen molar-refractivity contribution < 1.29 is 0 Å². The van der Waals surface area contributed by atoms with Gasteiger partial charge in [-0.15, -0.1) is 0 Å². The first-order chi connectivity index (χ1) is 3.79. The zero-order chi connectivity index (χ0) is 5.98. The van der Waals surface area contributed by atoms with Gasteiger partial charge in [-0.3, -0.25) is 0 Å². The molecule has 1 heterocycles. The Morgan fingerprint density at radius 1 is 1.00 bits per heavy atom. The first kappa shape index (κ1) is 6.48. The van der Waals surface area contributed by atoms with Crippen molar-refractivity contribution in [2.24, 2.45) is 0 Å². The van der Waals surface area contributed by atoms with E-state index in [-0.39, 0.29) is 0 Å². The minimum absolute atomic E-state index is 0.906. The van der Waals surface area contributed by atoms with Crippen molar-refractivity contribution in [2.45, 2.75) is 0 Å². The highest BCUT2D eigenvalue weighted by Gasteiger charge is 1.75. The summed E-state index contributed by atoms with van der Waals surface area (Å²) < 4.78 is 1.81. The van der Waals surface area contributed by atoms with Crippen LogP contribution in [0.5, 0.6) is 0 Å². The van der Waals surface area contributed by atoms with Crippen molar-refractivity contribution in [1.82, 2.24) is 0 Å². The van der Waals surface area contributed by atoms with Crippen molar-refractivity contribution >= 4 is 45.1 Å². The lowest BCUT2D eigenvalue weighted by atomic mass is 10.7. The Morgan fingerprint density at radius 3 is 1.62 bits per heavy atom. The molecular formula is C4H2S4. The van der Waals surface area contributed by atoms with Crippen LogP contribution in [-0.4, -0.2) is 0 Å². The van der Waals surface area contributed by atoms with Gasteiger partial charge in [-0.25, -0.2) is 0 Å². The van der Waals surface area contributed by atoms with Gasteiger partial charge in [0.05, 0.1) is 0 Å². The second kappa shape index (κ2) is 2.77. The lowest BCUT2D eigenvalue weighted by molar-refractivity contribution is 1.91. The maximum atomic E-state index is 4.85. The Balaban J connectivity index is 3.44. The van der Waals surface area contributed by atoms with Crippen molar-refractivity contribution in [3.05, 3.63) is 19.8 Å².